The van der Waals surface area contributed by atoms with Gasteiger partial charge in [-0.15, -0.1) is 10.2 Å². The monoisotopic (exact) mass is 375 g/mol. The first-order valence-corrected chi connectivity index (χ1v) is 9.64. The van der Waals surface area contributed by atoms with Crippen LogP contribution in [0.1, 0.15) is 38.6 Å². The highest BCUT2D eigenvalue weighted by molar-refractivity contribution is 7.15. The van der Waals surface area contributed by atoms with E-state index in [-0.39, 0.29) is 24.7 Å². The maximum absolute atomic E-state index is 12.0. The van der Waals surface area contributed by atoms with E-state index < -0.39 is 0 Å². The number of rotatable bonds is 9. The minimum Gasteiger partial charge on any atom is -0.372 e. The highest BCUT2D eigenvalue weighted by atomic mass is 32.1. The zero-order chi connectivity index (χ0) is 18.9. The highest BCUT2D eigenvalue weighted by Crippen LogP contribution is 2.18. The fourth-order valence-corrected chi connectivity index (χ4v) is 3.12. The molecule has 0 atom stereocenters. The van der Waals surface area contributed by atoms with Crippen LogP contribution in [0.25, 0.3) is 0 Å². The normalized spacial score (nSPS) is 10.4. The summed E-state index contributed by atoms with van der Waals surface area (Å²) in [4.78, 5) is 26.1. The molecular weight excluding hydrogens is 350 g/mol. The van der Waals surface area contributed by atoms with Gasteiger partial charge < -0.3 is 15.5 Å². The molecule has 140 valence electrons. The second kappa shape index (κ2) is 9.86. The van der Waals surface area contributed by atoms with Crippen LogP contribution >= 0.6 is 11.3 Å². The summed E-state index contributed by atoms with van der Waals surface area (Å²) in [6, 6.07) is 7.71. The van der Waals surface area contributed by atoms with Crippen LogP contribution in [0.15, 0.2) is 24.3 Å². The van der Waals surface area contributed by atoms with Gasteiger partial charge in [0.15, 0.2) is 0 Å². The van der Waals surface area contributed by atoms with Crippen LogP contribution in [-0.4, -0.2) is 35.1 Å². The summed E-state index contributed by atoms with van der Waals surface area (Å²) < 4.78 is 0. The van der Waals surface area contributed by atoms with E-state index in [9.17, 15) is 9.59 Å². The quantitative estimate of drug-likeness (QED) is 0.702. The maximum Gasteiger partial charge on any atom is 0.226 e. The van der Waals surface area contributed by atoms with Crippen molar-refractivity contribution in [2.24, 2.45) is 0 Å². The van der Waals surface area contributed by atoms with Crippen molar-refractivity contribution in [2.45, 2.75) is 40.0 Å². The van der Waals surface area contributed by atoms with Crippen LogP contribution in [0, 0.1) is 0 Å². The maximum atomic E-state index is 12.0. The van der Waals surface area contributed by atoms with Crippen LogP contribution in [0.2, 0.25) is 0 Å². The van der Waals surface area contributed by atoms with E-state index in [0.717, 1.165) is 35.9 Å². The van der Waals surface area contributed by atoms with Gasteiger partial charge in [0.2, 0.25) is 16.9 Å². The molecule has 26 heavy (non-hydrogen) atoms. The molecule has 0 fully saturated rings. The molecule has 1 heterocycles. The van der Waals surface area contributed by atoms with E-state index in [1.807, 2.05) is 31.2 Å². The van der Waals surface area contributed by atoms with E-state index in [2.05, 4.69) is 39.6 Å². The van der Waals surface area contributed by atoms with Gasteiger partial charge in [-0.25, -0.2) is 0 Å². The zero-order valence-corrected chi connectivity index (χ0v) is 16.2. The molecule has 0 bridgehead atoms. The SMILES string of the molecule is CCc1nnc(NC(=O)CCC(=O)Nc2ccc(N(CC)CC)cc2)s1. The number of nitrogens with zero attached hydrogens (tertiary/aromatic N) is 3. The summed E-state index contributed by atoms with van der Waals surface area (Å²) in [5, 5.41) is 14.7. The van der Waals surface area contributed by atoms with Crippen molar-refractivity contribution in [1.29, 1.82) is 0 Å². The largest absolute Gasteiger partial charge is 0.372 e. The Hall–Kier alpha value is -2.48. The number of aromatic nitrogens is 2. The smallest absolute Gasteiger partial charge is 0.226 e. The zero-order valence-electron chi connectivity index (χ0n) is 15.4. The van der Waals surface area contributed by atoms with Gasteiger partial charge in [-0.1, -0.05) is 18.3 Å². The van der Waals surface area contributed by atoms with E-state index in [0.29, 0.717) is 5.13 Å². The average Bonchev–Trinajstić information content (AvgIpc) is 3.10. The number of hydrogen-bond acceptors (Lipinski definition) is 6. The standard InChI is InChI=1S/C18H25N5O2S/c1-4-17-21-22-18(26-17)20-16(25)12-11-15(24)19-13-7-9-14(10-8-13)23(5-2)6-3/h7-10H,4-6,11-12H2,1-3H3,(H,19,24)(H,20,22,25). The Morgan fingerprint density at radius 1 is 0.962 bits per heavy atom. The number of carbonyl (C=O) groups excluding carboxylic acids is 2. The molecule has 0 saturated heterocycles. The average molecular weight is 375 g/mol. The fraction of sp³-hybridized carbons (Fsp3) is 0.444. The lowest BCUT2D eigenvalue weighted by Gasteiger charge is -2.21. The summed E-state index contributed by atoms with van der Waals surface area (Å²) in [5.74, 6) is -0.432. The van der Waals surface area contributed by atoms with Gasteiger partial charge in [0.05, 0.1) is 0 Å². The van der Waals surface area contributed by atoms with Gasteiger partial charge in [-0.2, -0.15) is 0 Å². The topological polar surface area (TPSA) is 87.2 Å². The molecule has 0 radical (unpaired) electrons. The molecule has 0 aliphatic carbocycles. The van der Waals surface area contributed by atoms with Crippen molar-refractivity contribution in [3.8, 4) is 0 Å². The number of carbonyl (C=O) groups is 2. The number of aryl methyl sites for hydroxylation is 1. The van der Waals surface area contributed by atoms with Crippen molar-refractivity contribution >= 4 is 39.7 Å². The van der Waals surface area contributed by atoms with Crippen LogP contribution in [0.4, 0.5) is 16.5 Å². The molecule has 1 aromatic heterocycles. The molecule has 2 rings (SSSR count). The van der Waals surface area contributed by atoms with Crippen LogP contribution in [0.3, 0.4) is 0 Å². The van der Waals surface area contributed by atoms with E-state index in [4.69, 9.17) is 0 Å². The lowest BCUT2D eigenvalue weighted by atomic mass is 10.2. The van der Waals surface area contributed by atoms with Crippen molar-refractivity contribution in [3.63, 3.8) is 0 Å². The number of hydrogen-bond donors (Lipinski definition) is 2. The molecule has 8 heteroatoms. The lowest BCUT2D eigenvalue weighted by molar-refractivity contribution is -0.121. The van der Waals surface area contributed by atoms with Gasteiger partial charge in [-0.3, -0.25) is 9.59 Å². The molecule has 2 amide bonds. The van der Waals surface area contributed by atoms with Crippen LogP contribution in [0.5, 0.6) is 0 Å². The Bertz CT molecular complexity index is 725. The first-order chi connectivity index (χ1) is 12.5. The van der Waals surface area contributed by atoms with Crippen molar-refractivity contribution < 1.29 is 9.59 Å². The summed E-state index contributed by atoms with van der Waals surface area (Å²) in [6.07, 6.45) is 0.997. The van der Waals surface area contributed by atoms with Gasteiger partial charge in [0, 0.05) is 37.3 Å². The Morgan fingerprint density at radius 3 is 2.12 bits per heavy atom. The van der Waals surface area contributed by atoms with Crippen LogP contribution < -0.4 is 15.5 Å². The lowest BCUT2D eigenvalue weighted by Crippen LogP contribution is -2.21. The Balaban J connectivity index is 1.78. The first-order valence-electron chi connectivity index (χ1n) is 8.82. The second-order valence-corrected chi connectivity index (χ2v) is 6.73. The van der Waals surface area contributed by atoms with Crippen molar-refractivity contribution in [1.82, 2.24) is 10.2 Å². The van der Waals surface area contributed by atoms with E-state index in [1.54, 1.807) is 0 Å². The molecule has 2 N–H and O–H groups in total. The summed E-state index contributed by atoms with van der Waals surface area (Å²) in [7, 11) is 0. The summed E-state index contributed by atoms with van der Waals surface area (Å²) in [5.41, 5.74) is 1.85. The Kier molecular flexibility index (Phi) is 7.53. The number of anilines is 3. The molecule has 1 aromatic carbocycles. The van der Waals surface area contributed by atoms with E-state index in [1.165, 1.54) is 11.3 Å². The van der Waals surface area contributed by atoms with Gasteiger partial charge in [0.25, 0.3) is 0 Å². The molecule has 0 unspecified atom stereocenters. The summed E-state index contributed by atoms with van der Waals surface area (Å²) in [6.45, 7) is 8.06. The number of nitrogens with one attached hydrogen (secondary N) is 2. The predicted octanol–water partition coefficient (Wildman–Crippen LogP) is 3.30. The first kappa shape index (κ1) is 19.8. The summed E-state index contributed by atoms with van der Waals surface area (Å²) >= 11 is 1.35. The van der Waals surface area contributed by atoms with Gasteiger partial charge in [-0.05, 0) is 44.5 Å². The van der Waals surface area contributed by atoms with Gasteiger partial charge >= 0.3 is 0 Å². The predicted molar refractivity (Wildman–Crippen MR) is 106 cm³/mol. The molecule has 0 spiro atoms. The second-order valence-electron chi connectivity index (χ2n) is 5.67. The van der Waals surface area contributed by atoms with E-state index >= 15 is 0 Å². The minimum absolute atomic E-state index is 0.102. The van der Waals surface area contributed by atoms with Crippen molar-refractivity contribution in [3.05, 3.63) is 29.3 Å². The fourth-order valence-electron chi connectivity index (χ4n) is 2.42. The molecule has 2 aromatic rings. The third-order valence-corrected chi connectivity index (χ3v) is 4.86. The van der Waals surface area contributed by atoms with Crippen LogP contribution in [-0.2, 0) is 16.0 Å². The van der Waals surface area contributed by atoms with Gasteiger partial charge in [0.1, 0.15) is 5.01 Å². The molecule has 7 nitrogen and oxygen atoms in total. The minimum atomic E-state index is -0.240. The van der Waals surface area contributed by atoms with Crippen molar-refractivity contribution in [2.75, 3.05) is 28.6 Å². The Labute approximate surface area is 157 Å². The number of benzene rings is 1. The molecular formula is C18H25N5O2S. The molecule has 0 aliphatic rings. The third-order valence-electron chi connectivity index (χ3n) is 3.87. The number of amides is 2. The molecule has 0 saturated carbocycles. The molecule has 0 aliphatic heterocycles. The Morgan fingerprint density at radius 2 is 1.58 bits per heavy atom. The highest BCUT2D eigenvalue weighted by Gasteiger charge is 2.10. The third kappa shape index (κ3) is 5.80.